The first kappa shape index (κ1) is 22.8. The number of nitrogens with zero attached hydrogens (tertiary/aromatic N) is 2. The van der Waals surface area contributed by atoms with Gasteiger partial charge in [-0.1, -0.05) is 18.2 Å². The van der Waals surface area contributed by atoms with Crippen LogP contribution >= 0.6 is 11.3 Å². The standard InChI is InChI=1S/C25H24N2O4S2/c1-4-27(33(29,30)22-13-11-21(31-3)12-14-22)20-10-15-23-18(16-20)17-24(32-23)25(28)26(2)19-8-6-5-7-9-19/h5-17H,4H2,1-3H3. The van der Waals surface area contributed by atoms with Crippen molar-refractivity contribution in [2.45, 2.75) is 11.8 Å². The fourth-order valence-electron chi connectivity index (χ4n) is 3.59. The summed E-state index contributed by atoms with van der Waals surface area (Å²) in [6, 6.07) is 23.0. The lowest BCUT2D eigenvalue weighted by Crippen LogP contribution is -2.30. The highest BCUT2D eigenvalue weighted by Gasteiger charge is 2.24. The highest BCUT2D eigenvalue weighted by molar-refractivity contribution is 7.92. The molecule has 0 aliphatic heterocycles. The predicted octanol–water partition coefficient (Wildman–Crippen LogP) is 5.40. The van der Waals surface area contributed by atoms with Crippen LogP contribution in [0.2, 0.25) is 0 Å². The van der Waals surface area contributed by atoms with E-state index in [1.165, 1.54) is 34.9 Å². The van der Waals surface area contributed by atoms with Crippen molar-refractivity contribution in [2.75, 3.05) is 29.9 Å². The SMILES string of the molecule is CCN(c1ccc2sc(C(=O)N(C)c3ccccc3)cc2c1)S(=O)(=O)c1ccc(OC)cc1. The van der Waals surface area contributed by atoms with Crippen LogP contribution in [0.25, 0.3) is 10.1 Å². The van der Waals surface area contributed by atoms with Crippen molar-refractivity contribution in [2.24, 2.45) is 0 Å². The van der Waals surface area contributed by atoms with Crippen LogP contribution in [-0.2, 0) is 10.0 Å². The molecule has 0 saturated carbocycles. The summed E-state index contributed by atoms with van der Waals surface area (Å²) in [6.07, 6.45) is 0. The molecule has 1 amide bonds. The Hall–Kier alpha value is -3.36. The first-order chi connectivity index (χ1) is 15.8. The van der Waals surface area contributed by atoms with Crippen LogP contribution in [0.1, 0.15) is 16.6 Å². The second-order valence-electron chi connectivity index (χ2n) is 7.38. The van der Waals surface area contributed by atoms with Gasteiger partial charge in [-0.05, 0) is 73.0 Å². The zero-order chi connectivity index (χ0) is 23.6. The van der Waals surface area contributed by atoms with Gasteiger partial charge in [0.2, 0.25) is 0 Å². The molecular formula is C25H24N2O4S2. The Morgan fingerprint density at radius 2 is 1.64 bits per heavy atom. The van der Waals surface area contributed by atoms with E-state index in [9.17, 15) is 13.2 Å². The van der Waals surface area contributed by atoms with Crippen molar-refractivity contribution in [1.29, 1.82) is 0 Å². The lowest BCUT2D eigenvalue weighted by molar-refractivity contribution is 0.0997. The van der Waals surface area contributed by atoms with E-state index < -0.39 is 10.0 Å². The van der Waals surface area contributed by atoms with Crippen molar-refractivity contribution in [3.63, 3.8) is 0 Å². The first-order valence-electron chi connectivity index (χ1n) is 10.4. The van der Waals surface area contributed by atoms with Crippen LogP contribution in [0.15, 0.2) is 83.8 Å². The number of carbonyl (C=O) groups excluding carboxylic acids is 1. The second kappa shape index (κ2) is 9.25. The van der Waals surface area contributed by atoms with E-state index in [4.69, 9.17) is 4.74 Å². The predicted molar refractivity (Wildman–Crippen MR) is 134 cm³/mol. The minimum absolute atomic E-state index is 0.109. The molecule has 0 spiro atoms. The Morgan fingerprint density at radius 1 is 0.939 bits per heavy atom. The number of benzene rings is 3. The van der Waals surface area contributed by atoms with E-state index >= 15 is 0 Å². The molecule has 0 aliphatic rings. The summed E-state index contributed by atoms with van der Waals surface area (Å²) in [7, 11) is -0.471. The van der Waals surface area contributed by atoms with Crippen LogP contribution < -0.4 is 13.9 Å². The third-order valence-corrected chi connectivity index (χ3v) is 8.40. The van der Waals surface area contributed by atoms with Crippen molar-refractivity contribution in [3.05, 3.63) is 83.7 Å². The summed E-state index contributed by atoms with van der Waals surface area (Å²) in [4.78, 5) is 15.4. The van der Waals surface area contributed by atoms with Crippen molar-refractivity contribution in [3.8, 4) is 5.75 Å². The van der Waals surface area contributed by atoms with Gasteiger partial charge in [0.25, 0.3) is 15.9 Å². The summed E-state index contributed by atoms with van der Waals surface area (Å²) in [5, 5.41) is 0.825. The number of anilines is 2. The van der Waals surface area contributed by atoms with Gasteiger partial charge in [0.05, 0.1) is 22.6 Å². The molecule has 4 rings (SSSR count). The molecule has 0 atom stereocenters. The number of fused-ring (bicyclic) bond motifs is 1. The molecule has 1 aromatic heterocycles. The van der Waals surface area contributed by atoms with E-state index in [2.05, 4.69) is 0 Å². The zero-order valence-electron chi connectivity index (χ0n) is 18.6. The van der Waals surface area contributed by atoms with Gasteiger partial charge in [-0.15, -0.1) is 11.3 Å². The molecule has 0 aliphatic carbocycles. The number of hydrogen-bond donors (Lipinski definition) is 0. The van der Waals surface area contributed by atoms with Gasteiger partial charge in [0.1, 0.15) is 5.75 Å². The largest absolute Gasteiger partial charge is 0.497 e. The zero-order valence-corrected chi connectivity index (χ0v) is 20.2. The Labute approximate surface area is 197 Å². The number of amides is 1. The molecule has 0 bridgehead atoms. The van der Waals surface area contributed by atoms with Crippen molar-refractivity contribution >= 4 is 48.7 Å². The number of methoxy groups -OCH3 is 1. The van der Waals surface area contributed by atoms with Crippen LogP contribution in [-0.4, -0.2) is 35.0 Å². The summed E-state index contributed by atoms with van der Waals surface area (Å²) < 4.78 is 34.0. The number of hydrogen-bond acceptors (Lipinski definition) is 5. The number of carbonyl (C=O) groups is 1. The van der Waals surface area contributed by atoms with Crippen molar-refractivity contribution in [1.82, 2.24) is 0 Å². The topological polar surface area (TPSA) is 66.9 Å². The van der Waals surface area contributed by atoms with Gasteiger partial charge in [-0.2, -0.15) is 0 Å². The molecule has 170 valence electrons. The monoisotopic (exact) mass is 480 g/mol. The van der Waals surface area contributed by atoms with Crippen molar-refractivity contribution < 1.29 is 17.9 Å². The fourth-order valence-corrected chi connectivity index (χ4v) is 6.08. The summed E-state index contributed by atoms with van der Waals surface area (Å²) in [5.74, 6) is 0.483. The minimum Gasteiger partial charge on any atom is -0.497 e. The number of thiophene rings is 1. The highest BCUT2D eigenvalue weighted by Crippen LogP contribution is 2.33. The van der Waals surface area contributed by atoms with E-state index in [1.807, 2.05) is 48.5 Å². The Balaban J connectivity index is 1.66. The average Bonchev–Trinajstić information content (AvgIpc) is 3.27. The number of para-hydroxylation sites is 1. The number of sulfonamides is 1. The van der Waals surface area contributed by atoms with Crippen LogP contribution in [0.4, 0.5) is 11.4 Å². The van der Waals surface area contributed by atoms with E-state index in [0.717, 1.165) is 15.8 Å². The Kier molecular flexibility index (Phi) is 6.40. The van der Waals surface area contributed by atoms with Gasteiger partial charge >= 0.3 is 0 Å². The molecular weight excluding hydrogens is 456 g/mol. The Morgan fingerprint density at radius 3 is 2.27 bits per heavy atom. The van der Waals surface area contributed by atoms with Gasteiger partial charge < -0.3 is 9.64 Å². The molecule has 8 heteroatoms. The summed E-state index contributed by atoms with van der Waals surface area (Å²) in [5.41, 5.74) is 1.36. The first-order valence-corrected chi connectivity index (χ1v) is 12.6. The van der Waals surface area contributed by atoms with E-state index in [1.54, 1.807) is 37.1 Å². The normalized spacial score (nSPS) is 11.4. The van der Waals surface area contributed by atoms with Crippen LogP contribution in [0, 0.1) is 0 Å². The molecule has 0 N–H and O–H groups in total. The maximum absolute atomic E-state index is 13.3. The van der Waals surface area contributed by atoms with Gasteiger partial charge in [-0.3, -0.25) is 9.10 Å². The van der Waals surface area contributed by atoms with Gasteiger partial charge in [0, 0.05) is 24.0 Å². The molecule has 6 nitrogen and oxygen atoms in total. The molecule has 3 aromatic carbocycles. The lowest BCUT2D eigenvalue weighted by atomic mass is 10.2. The van der Waals surface area contributed by atoms with E-state index in [0.29, 0.717) is 16.3 Å². The second-order valence-corrected chi connectivity index (χ2v) is 10.3. The molecule has 0 unspecified atom stereocenters. The minimum atomic E-state index is -3.75. The fraction of sp³-hybridized carbons (Fsp3) is 0.160. The molecule has 4 aromatic rings. The highest BCUT2D eigenvalue weighted by atomic mass is 32.2. The summed E-state index contributed by atoms with van der Waals surface area (Å²) in [6.45, 7) is 2.06. The van der Waals surface area contributed by atoms with Crippen LogP contribution in [0.3, 0.4) is 0 Å². The molecule has 0 fully saturated rings. The average molecular weight is 481 g/mol. The van der Waals surface area contributed by atoms with Gasteiger partial charge in [-0.25, -0.2) is 8.42 Å². The molecule has 1 heterocycles. The van der Waals surface area contributed by atoms with E-state index in [-0.39, 0.29) is 17.3 Å². The third-order valence-electron chi connectivity index (χ3n) is 5.38. The number of rotatable bonds is 7. The lowest BCUT2D eigenvalue weighted by Gasteiger charge is -2.23. The van der Waals surface area contributed by atoms with Gasteiger partial charge in [0.15, 0.2) is 0 Å². The number of ether oxygens (including phenoxy) is 1. The Bertz CT molecular complexity index is 1380. The smallest absolute Gasteiger partial charge is 0.268 e. The van der Waals surface area contributed by atoms with Crippen LogP contribution in [0.5, 0.6) is 5.75 Å². The maximum atomic E-state index is 13.3. The molecule has 33 heavy (non-hydrogen) atoms. The molecule has 0 radical (unpaired) electrons. The quantitative estimate of drug-likeness (QED) is 0.355. The summed E-state index contributed by atoms with van der Waals surface area (Å²) >= 11 is 1.39. The molecule has 0 saturated heterocycles. The maximum Gasteiger partial charge on any atom is 0.268 e. The third kappa shape index (κ3) is 4.44.